The molecule has 0 saturated carbocycles. The second-order valence-electron chi connectivity index (χ2n) is 7.55. The normalized spacial score (nSPS) is 12.2. The van der Waals surface area contributed by atoms with Gasteiger partial charge in [-0.1, -0.05) is 28.0 Å². The van der Waals surface area contributed by atoms with E-state index in [9.17, 15) is 4.79 Å². The average molecular weight is 496 g/mol. The van der Waals surface area contributed by atoms with Crippen molar-refractivity contribution in [1.82, 2.24) is 21.3 Å². The molecule has 0 saturated heterocycles. The fraction of sp³-hybridized carbons (Fsp3) is 0.952. The van der Waals surface area contributed by atoms with Crippen LogP contribution in [-0.2, 0) is 9.53 Å². The predicted molar refractivity (Wildman–Crippen MR) is 141 cm³/mol. The highest BCUT2D eigenvalue weighted by atomic mass is 33.1. The van der Waals surface area contributed by atoms with E-state index in [0.29, 0.717) is 19.6 Å². The van der Waals surface area contributed by atoms with Crippen LogP contribution in [0.1, 0.15) is 38.5 Å². The van der Waals surface area contributed by atoms with Gasteiger partial charge in [-0.05, 0) is 77.9 Å². The summed E-state index contributed by atoms with van der Waals surface area (Å²) >= 11 is 0. The van der Waals surface area contributed by atoms with Gasteiger partial charge in [-0.3, -0.25) is 4.79 Å². The maximum absolute atomic E-state index is 12.1. The molecule has 10 N–H and O–H groups in total. The van der Waals surface area contributed by atoms with Crippen LogP contribution in [0, 0.1) is 0 Å². The topological polar surface area (TPSA) is 152 Å². The van der Waals surface area contributed by atoms with Crippen molar-refractivity contribution >= 4 is 27.5 Å². The molecule has 0 aromatic heterocycles. The van der Waals surface area contributed by atoms with E-state index in [1.807, 2.05) is 10.8 Å². The van der Waals surface area contributed by atoms with Gasteiger partial charge in [0, 0.05) is 31.1 Å². The zero-order chi connectivity index (χ0) is 23.5. The molecule has 9 nitrogen and oxygen atoms in total. The van der Waals surface area contributed by atoms with Crippen LogP contribution in [0.15, 0.2) is 0 Å². The predicted octanol–water partition coefficient (Wildman–Crippen LogP) is -0.145. The highest BCUT2D eigenvalue weighted by molar-refractivity contribution is 8.76. The fourth-order valence-corrected chi connectivity index (χ4v) is 4.61. The van der Waals surface area contributed by atoms with Crippen molar-refractivity contribution in [3.63, 3.8) is 0 Å². The van der Waals surface area contributed by atoms with Gasteiger partial charge in [-0.25, -0.2) is 0 Å². The van der Waals surface area contributed by atoms with E-state index in [2.05, 4.69) is 21.3 Å². The quantitative estimate of drug-likeness (QED) is 0.0637. The van der Waals surface area contributed by atoms with Gasteiger partial charge in [-0.15, -0.1) is 0 Å². The van der Waals surface area contributed by atoms with Crippen molar-refractivity contribution in [2.75, 3.05) is 83.6 Å². The second kappa shape index (κ2) is 27.1. The highest BCUT2D eigenvalue weighted by Crippen LogP contribution is 2.19. The standard InChI is InChI=1S/C21H49N7O2S2/c22-7-2-1-3-10-26-14-16-31-32-17-15-28-21(29)19-30-20(18-27-12-5-9-24)6-13-25-11-4-8-23/h20,25-27H,1-19,22-24H2,(H,28,29). The minimum Gasteiger partial charge on any atom is -0.367 e. The molecule has 1 atom stereocenters. The smallest absolute Gasteiger partial charge is 0.246 e. The molecule has 0 aliphatic heterocycles. The largest absolute Gasteiger partial charge is 0.367 e. The summed E-state index contributed by atoms with van der Waals surface area (Å²) < 4.78 is 5.85. The lowest BCUT2D eigenvalue weighted by Crippen LogP contribution is -2.37. The average Bonchev–Trinajstić information content (AvgIpc) is 2.80. The summed E-state index contributed by atoms with van der Waals surface area (Å²) in [5, 5.41) is 13.1. The summed E-state index contributed by atoms with van der Waals surface area (Å²) in [6.45, 7) is 8.32. The first-order valence-corrected chi connectivity index (χ1v) is 14.6. The van der Waals surface area contributed by atoms with E-state index >= 15 is 0 Å². The van der Waals surface area contributed by atoms with Crippen molar-refractivity contribution in [3.05, 3.63) is 0 Å². The van der Waals surface area contributed by atoms with Crippen molar-refractivity contribution in [2.24, 2.45) is 17.2 Å². The molecule has 0 radical (unpaired) electrons. The van der Waals surface area contributed by atoms with Crippen molar-refractivity contribution in [1.29, 1.82) is 0 Å². The fourth-order valence-electron chi connectivity index (χ4n) is 2.75. The van der Waals surface area contributed by atoms with Crippen molar-refractivity contribution in [2.45, 2.75) is 44.6 Å². The van der Waals surface area contributed by atoms with Crippen molar-refractivity contribution in [3.8, 4) is 0 Å². The number of carbonyl (C=O) groups excluding carboxylic acids is 1. The summed E-state index contributed by atoms with van der Waals surface area (Å²) in [6.07, 6.45) is 6.25. The number of hydrogen-bond acceptors (Lipinski definition) is 10. The maximum atomic E-state index is 12.1. The Morgan fingerprint density at radius 1 is 0.719 bits per heavy atom. The SMILES string of the molecule is NCCCCCNCCSSCCNC(=O)COC(CCNCCCN)CNCCCN. The third-order valence-electron chi connectivity index (χ3n) is 4.59. The van der Waals surface area contributed by atoms with Gasteiger partial charge in [0.1, 0.15) is 6.61 Å². The van der Waals surface area contributed by atoms with E-state index in [1.165, 1.54) is 12.8 Å². The molecule has 1 amide bonds. The molecule has 11 heteroatoms. The van der Waals surface area contributed by atoms with Gasteiger partial charge in [0.05, 0.1) is 6.10 Å². The first kappa shape index (κ1) is 31.9. The van der Waals surface area contributed by atoms with Crippen LogP contribution in [0.4, 0.5) is 0 Å². The Labute approximate surface area is 203 Å². The number of rotatable bonds is 26. The van der Waals surface area contributed by atoms with Gasteiger partial charge in [0.25, 0.3) is 0 Å². The summed E-state index contributed by atoms with van der Waals surface area (Å²) in [4.78, 5) is 12.1. The number of hydrogen-bond donors (Lipinski definition) is 7. The summed E-state index contributed by atoms with van der Waals surface area (Å²) in [7, 11) is 3.63. The summed E-state index contributed by atoms with van der Waals surface area (Å²) in [5.41, 5.74) is 16.5. The lowest BCUT2D eigenvalue weighted by Gasteiger charge is -2.19. The van der Waals surface area contributed by atoms with Gasteiger partial charge in [-0.2, -0.15) is 0 Å². The van der Waals surface area contributed by atoms with Gasteiger partial charge in [0.15, 0.2) is 0 Å². The molecular formula is C21H49N7O2S2. The maximum Gasteiger partial charge on any atom is 0.246 e. The Bertz CT molecular complexity index is 399. The van der Waals surface area contributed by atoms with Crippen LogP contribution in [0.3, 0.4) is 0 Å². The molecule has 192 valence electrons. The number of carbonyl (C=O) groups is 1. The number of ether oxygens (including phenoxy) is 1. The Balaban J connectivity index is 3.71. The van der Waals surface area contributed by atoms with Gasteiger partial charge < -0.3 is 43.2 Å². The molecule has 0 aromatic carbocycles. The molecule has 0 rings (SSSR count). The molecule has 0 fully saturated rings. The van der Waals surface area contributed by atoms with Crippen LogP contribution in [-0.4, -0.2) is 95.6 Å². The zero-order valence-corrected chi connectivity index (χ0v) is 21.5. The zero-order valence-electron chi connectivity index (χ0n) is 19.9. The van der Waals surface area contributed by atoms with E-state index in [1.54, 1.807) is 10.8 Å². The monoisotopic (exact) mass is 495 g/mol. The van der Waals surface area contributed by atoms with Crippen LogP contribution >= 0.6 is 21.6 Å². The first-order valence-electron chi connectivity index (χ1n) is 12.1. The lowest BCUT2D eigenvalue weighted by molar-refractivity contribution is -0.127. The highest BCUT2D eigenvalue weighted by Gasteiger charge is 2.11. The lowest BCUT2D eigenvalue weighted by atomic mass is 10.2. The van der Waals surface area contributed by atoms with Gasteiger partial charge in [0.2, 0.25) is 5.91 Å². The van der Waals surface area contributed by atoms with Crippen LogP contribution in [0.25, 0.3) is 0 Å². The summed E-state index contributed by atoms with van der Waals surface area (Å²) in [6, 6.07) is 0. The number of nitrogens with two attached hydrogens (primary N) is 3. The molecule has 0 bridgehead atoms. The van der Waals surface area contributed by atoms with Crippen molar-refractivity contribution < 1.29 is 9.53 Å². The molecule has 1 unspecified atom stereocenters. The molecule has 0 heterocycles. The van der Waals surface area contributed by atoms with E-state index in [4.69, 9.17) is 21.9 Å². The minimum atomic E-state index is -0.0576. The molecular weight excluding hydrogens is 446 g/mol. The van der Waals surface area contributed by atoms with Crippen LogP contribution in [0.5, 0.6) is 0 Å². The Morgan fingerprint density at radius 3 is 2.06 bits per heavy atom. The molecule has 0 aromatic rings. The molecule has 0 aliphatic rings. The van der Waals surface area contributed by atoms with E-state index in [0.717, 1.165) is 83.0 Å². The first-order chi connectivity index (χ1) is 15.7. The molecule has 0 spiro atoms. The Kier molecular flexibility index (Phi) is 27.0. The summed E-state index contributed by atoms with van der Waals surface area (Å²) in [5.74, 6) is 1.90. The van der Waals surface area contributed by atoms with E-state index in [-0.39, 0.29) is 18.6 Å². The third kappa shape index (κ3) is 24.5. The Hall–Kier alpha value is -0.110. The number of unbranched alkanes of at least 4 members (excludes halogenated alkanes) is 2. The van der Waals surface area contributed by atoms with Crippen LogP contribution < -0.4 is 38.5 Å². The van der Waals surface area contributed by atoms with E-state index < -0.39 is 0 Å². The number of amides is 1. The van der Waals surface area contributed by atoms with Crippen LogP contribution in [0.2, 0.25) is 0 Å². The molecule has 0 aliphatic carbocycles. The molecule has 32 heavy (non-hydrogen) atoms. The minimum absolute atomic E-state index is 0.00311. The van der Waals surface area contributed by atoms with Gasteiger partial charge >= 0.3 is 0 Å². The Morgan fingerprint density at radius 2 is 1.34 bits per heavy atom. The number of nitrogens with one attached hydrogen (secondary N) is 4. The second-order valence-corrected chi connectivity index (χ2v) is 10.3. The third-order valence-corrected chi connectivity index (χ3v) is 7.00.